The Balaban J connectivity index is 0.00000180. The van der Waals surface area contributed by atoms with E-state index in [0.29, 0.717) is 0 Å². The van der Waals surface area contributed by atoms with Gasteiger partial charge in [-0.25, -0.2) is 0 Å². The average molecular weight is 288 g/mol. The second-order valence-corrected chi connectivity index (χ2v) is 4.05. The highest BCUT2D eigenvalue weighted by molar-refractivity contribution is 5.36. The van der Waals surface area contributed by atoms with Crippen LogP contribution in [-0.2, 0) is 6.18 Å². The minimum absolute atomic E-state index is 0. The van der Waals surface area contributed by atoms with Crippen LogP contribution in [0.25, 0.3) is 0 Å². The highest BCUT2D eigenvalue weighted by Crippen LogP contribution is 2.34. The van der Waals surface area contributed by atoms with Gasteiger partial charge in [0.1, 0.15) is 6.04 Å². The van der Waals surface area contributed by atoms with Gasteiger partial charge in [-0.2, -0.15) is 13.2 Å². The maximum Gasteiger partial charge on any atom is 0.416 e. The quantitative estimate of drug-likeness (QED) is 0.808. The highest BCUT2D eigenvalue weighted by atomic mass is 35.5. The molecule has 0 amide bonds. The van der Waals surface area contributed by atoms with Crippen LogP contribution in [-0.4, -0.2) is 0 Å². The molecule has 0 aliphatic rings. The Morgan fingerprint density at radius 3 is 1.95 bits per heavy atom. The Bertz CT molecular complexity index is 526. The van der Waals surface area contributed by atoms with Gasteiger partial charge in [-0.05, 0) is 6.07 Å². The van der Waals surface area contributed by atoms with Crippen LogP contribution >= 0.6 is 0 Å². The Kier molecular flexibility index (Phi) is 4.97. The van der Waals surface area contributed by atoms with E-state index >= 15 is 0 Å². The zero-order valence-corrected chi connectivity index (χ0v) is 10.7. The van der Waals surface area contributed by atoms with Crippen molar-refractivity contribution in [2.24, 2.45) is 0 Å². The Labute approximate surface area is 115 Å². The predicted molar refractivity (Wildman–Crippen MR) is 62.6 cm³/mol. The smallest absolute Gasteiger partial charge is 0.416 e. The van der Waals surface area contributed by atoms with Gasteiger partial charge in [0.15, 0.2) is 0 Å². The first kappa shape index (κ1) is 15.5. The minimum atomic E-state index is -4.35. The zero-order valence-electron chi connectivity index (χ0n) is 9.99. The molecule has 1 nitrogen and oxygen atoms in total. The second kappa shape index (κ2) is 6.08. The van der Waals surface area contributed by atoms with E-state index in [1.807, 2.05) is 6.07 Å². The van der Waals surface area contributed by atoms with Crippen LogP contribution in [0, 0.1) is 0 Å². The van der Waals surface area contributed by atoms with Crippen molar-refractivity contribution in [2.75, 3.05) is 0 Å². The van der Waals surface area contributed by atoms with Crippen LogP contribution in [0.1, 0.15) is 22.7 Å². The maximum atomic E-state index is 12.9. The molecule has 0 fully saturated rings. The van der Waals surface area contributed by atoms with Crippen LogP contribution in [0.4, 0.5) is 13.2 Å². The molecule has 102 valence electrons. The fraction of sp³-hybridized carbons (Fsp3) is 0.143. The van der Waals surface area contributed by atoms with Crippen LogP contribution in [0.2, 0.25) is 0 Å². The number of benzene rings is 2. The van der Waals surface area contributed by atoms with Gasteiger partial charge in [-0.15, -0.1) is 0 Å². The lowest BCUT2D eigenvalue weighted by molar-refractivity contribution is -0.412. The summed E-state index contributed by atoms with van der Waals surface area (Å²) in [5, 5.41) is 0. The van der Waals surface area contributed by atoms with Gasteiger partial charge in [0.05, 0.1) is 5.56 Å². The topological polar surface area (TPSA) is 27.6 Å². The number of halogens is 4. The third kappa shape index (κ3) is 3.49. The SMILES string of the molecule is [Cl-].[NH3+]C(c1ccccc1)c1ccccc1C(F)(F)F. The third-order valence-corrected chi connectivity index (χ3v) is 2.84. The average Bonchev–Trinajstić information content (AvgIpc) is 2.38. The standard InChI is InChI=1S/C14H12F3N.ClH/c15-14(16,17)12-9-5-4-8-11(12)13(18)10-6-2-1-3-7-10;/h1-9,13H,18H2;1H. The molecule has 0 aliphatic heterocycles. The summed E-state index contributed by atoms with van der Waals surface area (Å²) in [6.45, 7) is 0. The van der Waals surface area contributed by atoms with E-state index in [0.717, 1.165) is 11.6 Å². The molecule has 0 saturated carbocycles. The van der Waals surface area contributed by atoms with E-state index < -0.39 is 17.8 Å². The number of rotatable bonds is 2. The van der Waals surface area contributed by atoms with Crippen molar-refractivity contribution < 1.29 is 31.3 Å². The van der Waals surface area contributed by atoms with Crippen molar-refractivity contribution in [1.29, 1.82) is 0 Å². The number of hydrogen-bond donors (Lipinski definition) is 1. The molecule has 5 heteroatoms. The molecule has 19 heavy (non-hydrogen) atoms. The number of quaternary nitrogens is 1. The summed E-state index contributed by atoms with van der Waals surface area (Å²) in [6.07, 6.45) is -4.35. The molecule has 0 aliphatic carbocycles. The van der Waals surface area contributed by atoms with Gasteiger partial charge in [0, 0.05) is 11.1 Å². The summed E-state index contributed by atoms with van der Waals surface area (Å²) in [5.74, 6) is 0. The van der Waals surface area contributed by atoms with Gasteiger partial charge < -0.3 is 18.1 Å². The first-order valence-electron chi connectivity index (χ1n) is 5.54. The van der Waals surface area contributed by atoms with Crippen molar-refractivity contribution in [3.63, 3.8) is 0 Å². The maximum absolute atomic E-state index is 12.9. The molecule has 0 saturated heterocycles. The van der Waals surface area contributed by atoms with E-state index in [2.05, 4.69) is 5.73 Å². The molecule has 1 unspecified atom stereocenters. The monoisotopic (exact) mass is 287 g/mol. The van der Waals surface area contributed by atoms with E-state index in [9.17, 15) is 13.2 Å². The summed E-state index contributed by atoms with van der Waals surface area (Å²) < 4.78 is 38.7. The fourth-order valence-electron chi connectivity index (χ4n) is 1.92. The van der Waals surface area contributed by atoms with Crippen molar-refractivity contribution >= 4 is 0 Å². The van der Waals surface area contributed by atoms with E-state index in [-0.39, 0.29) is 18.0 Å². The molecule has 2 aromatic carbocycles. The normalized spacial score (nSPS) is 12.6. The van der Waals surface area contributed by atoms with Crippen LogP contribution in [0.3, 0.4) is 0 Å². The highest BCUT2D eigenvalue weighted by Gasteiger charge is 2.35. The second-order valence-electron chi connectivity index (χ2n) is 4.05. The Morgan fingerprint density at radius 1 is 0.842 bits per heavy atom. The summed E-state index contributed by atoms with van der Waals surface area (Å²) >= 11 is 0. The molecule has 2 rings (SSSR count). The summed E-state index contributed by atoms with van der Waals surface area (Å²) in [6, 6.07) is 14.0. The molecular weight excluding hydrogens is 275 g/mol. The minimum Gasteiger partial charge on any atom is -1.00 e. The molecule has 0 spiro atoms. The number of alkyl halides is 3. The first-order chi connectivity index (χ1) is 8.50. The van der Waals surface area contributed by atoms with Gasteiger partial charge in [-0.3, -0.25) is 0 Å². The van der Waals surface area contributed by atoms with Gasteiger partial charge >= 0.3 is 6.18 Å². The van der Waals surface area contributed by atoms with Crippen LogP contribution < -0.4 is 18.1 Å². The fourth-order valence-corrected chi connectivity index (χ4v) is 1.92. The van der Waals surface area contributed by atoms with Gasteiger partial charge in [0.2, 0.25) is 0 Å². The van der Waals surface area contributed by atoms with E-state index in [1.165, 1.54) is 12.1 Å². The van der Waals surface area contributed by atoms with Crippen LogP contribution in [0.5, 0.6) is 0 Å². The lowest BCUT2D eigenvalue weighted by Crippen LogP contribution is -3.00. The zero-order chi connectivity index (χ0) is 13.2. The van der Waals surface area contributed by atoms with E-state index in [4.69, 9.17) is 0 Å². The largest absolute Gasteiger partial charge is 1.00 e. The van der Waals surface area contributed by atoms with Crippen molar-refractivity contribution in [3.8, 4) is 0 Å². The molecule has 0 radical (unpaired) electrons. The van der Waals surface area contributed by atoms with Gasteiger partial charge in [0.25, 0.3) is 0 Å². The van der Waals surface area contributed by atoms with Crippen LogP contribution in [0.15, 0.2) is 54.6 Å². The predicted octanol–water partition coefficient (Wildman–Crippen LogP) is 0.0407. The van der Waals surface area contributed by atoms with Crippen molar-refractivity contribution in [1.82, 2.24) is 0 Å². The lowest BCUT2D eigenvalue weighted by atomic mass is 9.95. The Morgan fingerprint density at radius 2 is 1.37 bits per heavy atom. The lowest BCUT2D eigenvalue weighted by Gasteiger charge is -2.16. The summed E-state index contributed by atoms with van der Waals surface area (Å²) in [5.41, 5.74) is 4.21. The van der Waals surface area contributed by atoms with Crippen molar-refractivity contribution in [2.45, 2.75) is 12.2 Å². The molecule has 3 N–H and O–H groups in total. The Hall–Kier alpha value is -1.52. The van der Waals surface area contributed by atoms with Crippen molar-refractivity contribution in [3.05, 3.63) is 71.3 Å². The summed E-state index contributed by atoms with van der Waals surface area (Å²) in [4.78, 5) is 0. The molecule has 1 atom stereocenters. The number of hydrogen-bond acceptors (Lipinski definition) is 0. The molecule has 0 bridgehead atoms. The molecule has 0 aromatic heterocycles. The molecule has 0 heterocycles. The van der Waals surface area contributed by atoms with E-state index in [1.54, 1.807) is 30.3 Å². The molecular formula is C14H13ClF3N. The summed E-state index contributed by atoms with van der Waals surface area (Å²) in [7, 11) is 0. The third-order valence-electron chi connectivity index (χ3n) is 2.84. The molecule has 2 aromatic rings. The first-order valence-corrected chi connectivity index (χ1v) is 5.54. The van der Waals surface area contributed by atoms with Gasteiger partial charge in [-0.1, -0.05) is 48.5 Å².